The predicted molar refractivity (Wildman–Crippen MR) is 50.1 cm³/mol. The summed E-state index contributed by atoms with van der Waals surface area (Å²) in [5, 5.41) is 0. The van der Waals surface area contributed by atoms with Gasteiger partial charge in [0.2, 0.25) is 0 Å². The Morgan fingerprint density at radius 1 is 1.50 bits per heavy atom. The molecule has 10 heavy (non-hydrogen) atoms. The zero-order valence-corrected chi connectivity index (χ0v) is 6.22. The quantitative estimate of drug-likeness (QED) is 0.521. The topological polar surface area (TPSA) is 0 Å². The van der Waals surface area contributed by atoms with Crippen LogP contribution in [0.4, 0.5) is 0 Å². The van der Waals surface area contributed by atoms with E-state index in [1.54, 1.807) is 0 Å². The average molecular weight is 138 g/mol. The minimum absolute atomic E-state index is 0. The molecule has 0 heterocycles. The van der Waals surface area contributed by atoms with Gasteiger partial charge >= 0.3 is 0 Å². The van der Waals surface area contributed by atoms with Crippen molar-refractivity contribution in [2.45, 2.75) is 27.7 Å². The Labute approximate surface area is 65.0 Å². The molecule has 0 saturated carbocycles. The molecule has 0 N–H and O–H groups in total. The molecule has 0 spiro atoms. The van der Waals surface area contributed by atoms with E-state index in [1.807, 2.05) is 25.2 Å². The van der Waals surface area contributed by atoms with Crippen LogP contribution in [0.15, 0.2) is 36.5 Å². The van der Waals surface area contributed by atoms with E-state index < -0.39 is 0 Å². The normalized spacial score (nSPS) is 11.2. The van der Waals surface area contributed by atoms with Gasteiger partial charge in [-0.1, -0.05) is 45.2 Å². The van der Waals surface area contributed by atoms with Crippen molar-refractivity contribution in [2.24, 2.45) is 0 Å². The van der Waals surface area contributed by atoms with Crippen molar-refractivity contribution in [3.05, 3.63) is 36.5 Å². The molecular weight excluding hydrogens is 120 g/mol. The first-order chi connectivity index (χ1) is 4.35. The lowest BCUT2D eigenvalue weighted by atomic mass is 10.2. The van der Waals surface area contributed by atoms with Gasteiger partial charge in [-0.3, -0.25) is 0 Å². The third-order valence-electron chi connectivity index (χ3n) is 1.12. The van der Waals surface area contributed by atoms with Crippen molar-refractivity contribution in [1.29, 1.82) is 0 Å². The Kier molecular flexibility index (Phi) is 9.82. The molecule has 0 nitrogen and oxygen atoms in total. The number of hydrogen-bond acceptors (Lipinski definition) is 0. The first-order valence-corrected chi connectivity index (χ1v) is 3.29. The smallest absolute Gasteiger partial charge is 0.0308 e. The van der Waals surface area contributed by atoms with Crippen molar-refractivity contribution in [2.75, 3.05) is 0 Å². The Balaban J connectivity index is 0. The van der Waals surface area contributed by atoms with Crippen molar-refractivity contribution >= 4 is 0 Å². The van der Waals surface area contributed by atoms with E-state index in [9.17, 15) is 0 Å². The molecule has 0 aromatic heterocycles. The molecule has 0 rings (SSSR count). The zero-order valence-electron chi connectivity index (χ0n) is 6.22. The van der Waals surface area contributed by atoms with Crippen molar-refractivity contribution in [3.8, 4) is 0 Å². The Hall–Kier alpha value is -0.780. The van der Waals surface area contributed by atoms with Crippen LogP contribution in [0.1, 0.15) is 27.7 Å². The highest BCUT2D eigenvalue weighted by Gasteiger charge is 1.80. The molecule has 0 fully saturated rings. The first-order valence-electron chi connectivity index (χ1n) is 3.29. The van der Waals surface area contributed by atoms with E-state index in [0.29, 0.717) is 0 Å². The molecule has 0 aromatic carbocycles. The fourth-order valence-electron chi connectivity index (χ4n) is 0.657. The lowest BCUT2D eigenvalue weighted by Gasteiger charge is -1.90. The van der Waals surface area contributed by atoms with Crippen LogP contribution in [-0.2, 0) is 0 Å². The summed E-state index contributed by atoms with van der Waals surface area (Å²) in [7, 11) is 0. The molecule has 0 aliphatic heterocycles. The summed E-state index contributed by atoms with van der Waals surface area (Å²) >= 11 is 0. The van der Waals surface area contributed by atoms with Gasteiger partial charge in [0.25, 0.3) is 0 Å². The van der Waals surface area contributed by atoms with Crippen molar-refractivity contribution in [1.82, 2.24) is 0 Å². The average Bonchev–Trinajstić information content (AvgIpc) is 1.88. The van der Waals surface area contributed by atoms with Gasteiger partial charge in [0.15, 0.2) is 0 Å². The predicted octanol–water partition coefficient (Wildman–Crippen LogP) is 3.72. The fraction of sp³-hybridized carbons (Fsp3) is 0.400. The summed E-state index contributed by atoms with van der Waals surface area (Å²) in [6.45, 7) is 7.78. The van der Waals surface area contributed by atoms with Crippen LogP contribution >= 0.6 is 0 Å². The molecule has 0 amide bonds. The lowest BCUT2D eigenvalue weighted by molar-refractivity contribution is 1.15. The molecule has 0 saturated heterocycles. The molecule has 0 heteroatoms. The van der Waals surface area contributed by atoms with Gasteiger partial charge in [0.05, 0.1) is 0 Å². The Morgan fingerprint density at radius 3 is 2.40 bits per heavy atom. The molecule has 0 aliphatic rings. The molecule has 0 aliphatic carbocycles. The number of hydrogen-bond donors (Lipinski definition) is 0. The van der Waals surface area contributed by atoms with E-state index in [4.69, 9.17) is 0 Å². The van der Waals surface area contributed by atoms with E-state index in [1.165, 1.54) is 5.57 Å². The third-order valence-corrected chi connectivity index (χ3v) is 1.12. The highest BCUT2D eigenvalue weighted by molar-refractivity contribution is 5.21. The van der Waals surface area contributed by atoms with Crippen LogP contribution in [0, 0.1) is 0 Å². The van der Waals surface area contributed by atoms with Gasteiger partial charge in [-0.15, -0.1) is 0 Å². The summed E-state index contributed by atoms with van der Waals surface area (Å²) in [6, 6.07) is 0. The van der Waals surface area contributed by atoms with Crippen LogP contribution < -0.4 is 0 Å². The van der Waals surface area contributed by atoms with Crippen LogP contribution in [0.25, 0.3) is 0 Å². The number of allylic oxidation sites excluding steroid dienone is 5. The molecule has 0 aromatic rings. The summed E-state index contributed by atoms with van der Waals surface area (Å²) in [5.74, 6) is 0. The van der Waals surface area contributed by atoms with E-state index in [-0.39, 0.29) is 7.43 Å². The van der Waals surface area contributed by atoms with E-state index >= 15 is 0 Å². The summed E-state index contributed by atoms with van der Waals surface area (Å²) < 4.78 is 0. The van der Waals surface area contributed by atoms with Gasteiger partial charge in [0.1, 0.15) is 0 Å². The van der Waals surface area contributed by atoms with Crippen LogP contribution in [0.5, 0.6) is 0 Å². The molecule has 0 unspecified atom stereocenters. The number of rotatable bonds is 3. The maximum atomic E-state index is 3.62. The largest absolute Gasteiger partial charge is 0.0991 e. The molecule has 0 bridgehead atoms. The maximum Gasteiger partial charge on any atom is -0.0308 e. The summed E-state index contributed by atoms with van der Waals surface area (Å²) in [5.41, 5.74) is 1.33. The van der Waals surface area contributed by atoms with Gasteiger partial charge < -0.3 is 0 Å². The molecule has 0 atom stereocenters. The Morgan fingerprint density at radius 2 is 2.10 bits per heavy atom. The highest BCUT2D eigenvalue weighted by Crippen LogP contribution is 2.01. The van der Waals surface area contributed by atoms with Crippen LogP contribution in [-0.4, -0.2) is 0 Å². The monoisotopic (exact) mass is 138 g/mol. The first kappa shape index (κ1) is 12.0. The minimum Gasteiger partial charge on any atom is -0.0991 e. The molecule has 58 valence electrons. The van der Waals surface area contributed by atoms with E-state index in [2.05, 4.69) is 19.6 Å². The van der Waals surface area contributed by atoms with Gasteiger partial charge in [-0.2, -0.15) is 0 Å². The van der Waals surface area contributed by atoms with E-state index in [0.717, 1.165) is 6.42 Å². The lowest BCUT2D eigenvalue weighted by Crippen LogP contribution is -1.70. The summed E-state index contributed by atoms with van der Waals surface area (Å²) in [6.07, 6.45) is 9.07. The molecular formula is C10H18. The minimum atomic E-state index is 0. The standard InChI is InChI=1S/C9H14.CH4/c1-4-7-9(6-3)8-5-2;/h4-5,7-8H,1,6H2,2-3H3;1H4/b8-5-,9-7-;. The fourth-order valence-corrected chi connectivity index (χ4v) is 0.657. The van der Waals surface area contributed by atoms with Gasteiger partial charge in [-0.25, -0.2) is 0 Å². The zero-order chi connectivity index (χ0) is 7.11. The second-order valence-corrected chi connectivity index (χ2v) is 1.83. The maximum absolute atomic E-state index is 3.62. The third kappa shape index (κ3) is 5.36. The highest BCUT2D eigenvalue weighted by atomic mass is 13.9. The molecule has 0 radical (unpaired) electrons. The second kappa shape index (κ2) is 8.22. The van der Waals surface area contributed by atoms with Crippen LogP contribution in [0.3, 0.4) is 0 Å². The van der Waals surface area contributed by atoms with Crippen LogP contribution in [0.2, 0.25) is 0 Å². The Bertz CT molecular complexity index is 127. The van der Waals surface area contributed by atoms with Gasteiger partial charge in [-0.05, 0) is 18.9 Å². The van der Waals surface area contributed by atoms with Gasteiger partial charge in [0, 0.05) is 0 Å². The summed E-state index contributed by atoms with van der Waals surface area (Å²) in [4.78, 5) is 0. The SMILES string of the molecule is C.C=C/C=C(\C=C/C)CC. The second-order valence-electron chi connectivity index (χ2n) is 1.83. The van der Waals surface area contributed by atoms with Crippen molar-refractivity contribution < 1.29 is 0 Å². The van der Waals surface area contributed by atoms with Crippen molar-refractivity contribution in [3.63, 3.8) is 0 Å².